The van der Waals surface area contributed by atoms with Gasteiger partial charge in [0.1, 0.15) is 11.5 Å². The van der Waals surface area contributed by atoms with Crippen molar-refractivity contribution in [3.05, 3.63) is 72.8 Å². The summed E-state index contributed by atoms with van der Waals surface area (Å²) in [4.78, 5) is 0. The molecule has 2 aromatic heterocycles. The van der Waals surface area contributed by atoms with Crippen LogP contribution in [0.3, 0.4) is 0 Å². The van der Waals surface area contributed by atoms with E-state index in [1.54, 1.807) is 42.7 Å². The van der Waals surface area contributed by atoms with Crippen LogP contribution >= 0.6 is 0 Å². The van der Waals surface area contributed by atoms with E-state index in [0.717, 1.165) is 32.7 Å². The lowest BCUT2D eigenvalue weighted by Gasteiger charge is -2.13. The van der Waals surface area contributed by atoms with E-state index in [2.05, 4.69) is 0 Å². The van der Waals surface area contributed by atoms with Crippen molar-refractivity contribution in [2.45, 2.75) is 0 Å². The van der Waals surface area contributed by atoms with Crippen LogP contribution in [0.5, 0.6) is 34.5 Å². The highest BCUT2D eigenvalue weighted by molar-refractivity contribution is 6.09. The molecule has 0 spiro atoms. The van der Waals surface area contributed by atoms with E-state index in [-0.39, 0.29) is 0 Å². The van der Waals surface area contributed by atoms with Crippen LogP contribution in [0.15, 0.2) is 81.6 Å². The molecule has 0 aliphatic heterocycles. The standard InChI is InChI=1S/C34H30O8/c1-35-25-15-19(16-26(36-2)33(25)39-5)29-21-11-7-9-13-23(21)31(41-29)32-24-14-10-8-12-22(24)30(42-32)20-17-27(37-3)34(40-6)28(18-20)38-4/h7-18H,1-6H3. The molecule has 0 saturated heterocycles. The Morgan fingerprint density at radius 3 is 0.929 bits per heavy atom. The smallest absolute Gasteiger partial charge is 0.203 e. The van der Waals surface area contributed by atoms with Crippen LogP contribution < -0.4 is 28.4 Å². The molecule has 0 atom stereocenters. The van der Waals surface area contributed by atoms with Gasteiger partial charge in [-0.15, -0.1) is 0 Å². The van der Waals surface area contributed by atoms with Gasteiger partial charge in [-0.25, -0.2) is 0 Å². The van der Waals surface area contributed by atoms with Gasteiger partial charge in [0.25, 0.3) is 0 Å². The molecule has 214 valence electrons. The zero-order valence-electron chi connectivity index (χ0n) is 24.2. The molecule has 0 saturated carbocycles. The van der Waals surface area contributed by atoms with Crippen molar-refractivity contribution in [2.24, 2.45) is 0 Å². The fourth-order valence-corrected chi connectivity index (χ4v) is 5.37. The number of rotatable bonds is 9. The number of hydrogen-bond donors (Lipinski definition) is 0. The molecule has 4 aromatic carbocycles. The van der Waals surface area contributed by atoms with Crippen LogP contribution in [0, 0.1) is 0 Å². The monoisotopic (exact) mass is 566 g/mol. The molecule has 0 radical (unpaired) electrons. The third-order valence-corrected chi connectivity index (χ3v) is 7.30. The van der Waals surface area contributed by atoms with Crippen molar-refractivity contribution in [2.75, 3.05) is 42.7 Å². The number of fused-ring (bicyclic) bond motifs is 2. The summed E-state index contributed by atoms with van der Waals surface area (Å²) in [6.07, 6.45) is 0. The summed E-state index contributed by atoms with van der Waals surface area (Å²) in [7, 11) is 9.51. The van der Waals surface area contributed by atoms with Gasteiger partial charge in [-0.2, -0.15) is 0 Å². The summed E-state index contributed by atoms with van der Waals surface area (Å²) in [6, 6.07) is 23.5. The Kier molecular flexibility index (Phi) is 7.04. The summed E-state index contributed by atoms with van der Waals surface area (Å²) in [5.74, 6) is 5.63. The molecule has 42 heavy (non-hydrogen) atoms. The molecule has 6 aromatic rings. The third-order valence-electron chi connectivity index (χ3n) is 7.30. The van der Waals surface area contributed by atoms with Gasteiger partial charge < -0.3 is 37.3 Å². The van der Waals surface area contributed by atoms with Crippen LogP contribution in [-0.4, -0.2) is 42.7 Å². The van der Waals surface area contributed by atoms with Crippen molar-refractivity contribution < 1.29 is 37.3 Å². The second kappa shape index (κ2) is 11.0. The first-order chi connectivity index (χ1) is 20.6. The molecule has 0 aliphatic carbocycles. The lowest BCUT2D eigenvalue weighted by atomic mass is 10.0. The molecule has 0 N–H and O–H groups in total. The normalized spacial score (nSPS) is 11.1. The lowest BCUT2D eigenvalue weighted by molar-refractivity contribution is 0.324. The number of hydrogen-bond acceptors (Lipinski definition) is 8. The predicted octanol–water partition coefficient (Wildman–Crippen LogP) is 8.23. The zero-order valence-corrected chi connectivity index (χ0v) is 24.2. The minimum absolute atomic E-state index is 0.506. The number of methoxy groups -OCH3 is 6. The van der Waals surface area contributed by atoms with Gasteiger partial charge in [-0.1, -0.05) is 48.5 Å². The minimum Gasteiger partial charge on any atom is -0.493 e. The fraction of sp³-hybridized carbons (Fsp3) is 0.176. The van der Waals surface area contributed by atoms with E-state index < -0.39 is 0 Å². The lowest BCUT2D eigenvalue weighted by Crippen LogP contribution is -1.95. The fourth-order valence-electron chi connectivity index (χ4n) is 5.37. The molecule has 0 fully saturated rings. The molecular weight excluding hydrogens is 536 g/mol. The largest absolute Gasteiger partial charge is 0.493 e. The Hall–Kier alpha value is -5.24. The van der Waals surface area contributed by atoms with Crippen LogP contribution in [0.4, 0.5) is 0 Å². The van der Waals surface area contributed by atoms with Gasteiger partial charge in [0.2, 0.25) is 11.5 Å². The van der Waals surface area contributed by atoms with Gasteiger partial charge in [0.05, 0.1) is 42.7 Å². The molecule has 8 heteroatoms. The van der Waals surface area contributed by atoms with Crippen LogP contribution in [0.2, 0.25) is 0 Å². The van der Waals surface area contributed by atoms with E-state index in [0.29, 0.717) is 57.5 Å². The Balaban J connectivity index is 1.60. The van der Waals surface area contributed by atoms with Gasteiger partial charge in [-0.3, -0.25) is 0 Å². The molecule has 0 unspecified atom stereocenters. The van der Waals surface area contributed by atoms with Crippen LogP contribution in [-0.2, 0) is 0 Å². The second-order valence-electron chi connectivity index (χ2n) is 9.44. The van der Waals surface area contributed by atoms with E-state index in [1.165, 1.54) is 0 Å². The maximum atomic E-state index is 6.68. The van der Waals surface area contributed by atoms with Crippen molar-refractivity contribution in [3.63, 3.8) is 0 Å². The van der Waals surface area contributed by atoms with Gasteiger partial charge in [-0.05, 0) is 24.3 Å². The van der Waals surface area contributed by atoms with Gasteiger partial charge in [0.15, 0.2) is 34.5 Å². The van der Waals surface area contributed by atoms with Crippen LogP contribution in [0.1, 0.15) is 0 Å². The summed E-state index contributed by atoms with van der Waals surface area (Å²) in [6.45, 7) is 0. The topological polar surface area (TPSA) is 81.7 Å². The number of ether oxygens (including phenoxy) is 6. The van der Waals surface area contributed by atoms with Crippen molar-refractivity contribution in [1.29, 1.82) is 0 Å². The molecule has 8 nitrogen and oxygen atoms in total. The van der Waals surface area contributed by atoms with Crippen molar-refractivity contribution in [3.8, 4) is 68.7 Å². The van der Waals surface area contributed by atoms with E-state index in [4.69, 9.17) is 37.3 Å². The number of furan rings is 2. The average Bonchev–Trinajstić information content (AvgIpc) is 3.62. The molecule has 2 heterocycles. The van der Waals surface area contributed by atoms with E-state index >= 15 is 0 Å². The quantitative estimate of drug-likeness (QED) is 0.173. The third kappa shape index (κ3) is 4.23. The predicted molar refractivity (Wildman–Crippen MR) is 162 cm³/mol. The Morgan fingerprint density at radius 1 is 0.381 bits per heavy atom. The van der Waals surface area contributed by atoms with Crippen molar-refractivity contribution >= 4 is 21.5 Å². The first-order valence-electron chi connectivity index (χ1n) is 13.2. The molecule has 0 amide bonds. The van der Waals surface area contributed by atoms with E-state index in [1.807, 2.05) is 72.8 Å². The maximum absolute atomic E-state index is 6.68. The summed E-state index contributed by atoms with van der Waals surface area (Å²) in [5.41, 5.74) is 1.54. The highest BCUT2D eigenvalue weighted by Crippen LogP contribution is 2.49. The molecule has 0 bridgehead atoms. The Labute approximate surface area is 242 Å². The molecule has 6 rings (SSSR count). The highest BCUT2D eigenvalue weighted by atomic mass is 16.5. The average molecular weight is 567 g/mol. The first-order valence-corrected chi connectivity index (χ1v) is 13.2. The number of benzene rings is 4. The second-order valence-corrected chi connectivity index (χ2v) is 9.44. The van der Waals surface area contributed by atoms with Crippen LogP contribution in [0.25, 0.3) is 55.7 Å². The highest BCUT2D eigenvalue weighted by Gasteiger charge is 2.26. The maximum Gasteiger partial charge on any atom is 0.203 e. The molecule has 0 aliphatic rings. The minimum atomic E-state index is 0.506. The first kappa shape index (κ1) is 27.0. The van der Waals surface area contributed by atoms with Crippen molar-refractivity contribution in [1.82, 2.24) is 0 Å². The Bertz CT molecular complexity index is 1720. The SMILES string of the molecule is COc1cc(-c2oc(-c3oc(-c4cc(OC)c(OC)c(OC)c4)c4ccccc34)c3ccccc23)cc(OC)c1OC. The molecular formula is C34H30O8. The van der Waals surface area contributed by atoms with Gasteiger partial charge in [0, 0.05) is 32.7 Å². The van der Waals surface area contributed by atoms with Gasteiger partial charge >= 0.3 is 0 Å². The summed E-state index contributed by atoms with van der Waals surface area (Å²) >= 11 is 0. The zero-order chi connectivity index (χ0) is 29.4. The Morgan fingerprint density at radius 2 is 0.667 bits per heavy atom. The summed E-state index contributed by atoms with van der Waals surface area (Å²) < 4.78 is 46.9. The van der Waals surface area contributed by atoms with E-state index in [9.17, 15) is 0 Å². The summed E-state index contributed by atoms with van der Waals surface area (Å²) in [5, 5.41) is 3.63.